The van der Waals surface area contributed by atoms with Crippen molar-refractivity contribution in [2.24, 2.45) is 0 Å². The molecule has 0 aliphatic carbocycles. The van der Waals surface area contributed by atoms with Crippen LogP contribution in [0, 0.1) is 5.82 Å². The third kappa shape index (κ3) is 3.40. The van der Waals surface area contributed by atoms with Gasteiger partial charge in [-0.2, -0.15) is 13.2 Å². The van der Waals surface area contributed by atoms with Crippen LogP contribution < -0.4 is 5.32 Å². The lowest BCUT2D eigenvalue weighted by Gasteiger charge is -2.08. The average molecular weight is 336 g/mol. The first-order valence-electron chi connectivity index (χ1n) is 7.05. The fraction of sp³-hybridized carbons (Fsp3) is 0.118. The van der Waals surface area contributed by atoms with Crippen molar-refractivity contribution >= 4 is 22.5 Å². The summed E-state index contributed by atoms with van der Waals surface area (Å²) >= 11 is 0. The van der Waals surface area contributed by atoms with Crippen LogP contribution in [0.15, 0.2) is 48.7 Å². The summed E-state index contributed by atoms with van der Waals surface area (Å²) in [5.41, 5.74) is 0.786. The number of fused-ring (bicyclic) bond motifs is 1. The molecule has 0 aliphatic rings. The zero-order valence-corrected chi connectivity index (χ0v) is 12.2. The molecule has 0 radical (unpaired) electrons. The second-order valence-corrected chi connectivity index (χ2v) is 5.30. The van der Waals surface area contributed by atoms with Crippen molar-refractivity contribution in [1.82, 2.24) is 4.98 Å². The predicted molar refractivity (Wildman–Crippen MR) is 82.0 cm³/mol. The van der Waals surface area contributed by atoms with Gasteiger partial charge in [0.05, 0.1) is 12.0 Å². The number of halogens is 4. The Kier molecular flexibility index (Phi) is 4.01. The number of carbonyl (C=O) groups excluding carboxylic acids is 1. The van der Waals surface area contributed by atoms with E-state index in [1.807, 2.05) is 0 Å². The maximum atomic E-state index is 13.3. The minimum atomic E-state index is -4.42. The largest absolute Gasteiger partial charge is 0.416 e. The molecule has 1 aromatic heterocycles. The summed E-state index contributed by atoms with van der Waals surface area (Å²) in [7, 11) is 0. The summed E-state index contributed by atoms with van der Waals surface area (Å²) in [4.78, 5) is 15.0. The highest BCUT2D eigenvalue weighted by atomic mass is 19.4. The van der Waals surface area contributed by atoms with Gasteiger partial charge >= 0.3 is 6.18 Å². The summed E-state index contributed by atoms with van der Waals surface area (Å²) in [6.07, 6.45) is -2.84. The topological polar surface area (TPSA) is 44.9 Å². The molecule has 0 atom stereocenters. The van der Waals surface area contributed by atoms with Crippen molar-refractivity contribution < 1.29 is 22.4 Å². The van der Waals surface area contributed by atoms with Gasteiger partial charge in [-0.1, -0.05) is 0 Å². The molecule has 3 rings (SSSR count). The molecule has 0 unspecified atom stereocenters. The molecule has 0 bridgehead atoms. The van der Waals surface area contributed by atoms with Gasteiger partial charge in [0.1, 0.15) is 5.82 Å². The Balaban J connectivity index is 1.72. The van der Waals surface area contributed by atoms with Gasteiger partial charge in [-0.05, 0) is 48.0 Å². The standard InChI is InChI=1S/C17H12F4N2O/c18-12-3-6-15-14(8-12)10(9-22-15)7-16(24)23-13-4-1-11(2-5-13)17(19,20)21/h1-6,8-9,22H,7H2,(H,23,24). The third-order valence-electron chi connectivity index (χ3n) is 3.58. The fourth-order valence-corrected chi connectivity index (χ4v) is 2.42. The number of alkyl halides is 3. The van der Waals surface area contributed by atoms with Crippen molar-refractivity contribution in [1.29, 1.82) is 0 Å². The van der Waals surface area contributed by atoms with Gasteiger partial charge in [-0.25, -0.2) is 4.39 Å². The molecule has 1 amide bonds. The Morgan fingerprint density at radius 3 is 2.46 bits per heavy atom. The molecule has 0 spiro atoms. The molecule has 7 heteroatoms. The number of benzene rings is 2. The van der Waals surface area contributed by atoms with E-state index >= 15 is 0 Å². The SMILES string of the molecule is O=C(Cc1c[nH]c2ccc(F)cc12)Nc1ccc(C(F)(F)F)cc1. The molecular formula is C17H12F4N2O. The molecule has 0 saturated heterocycles. The van der Waals surface area contributed by atoms with Gasteiger partial charge in [0, 0.05) is 22.8 Å². The number of H-pyrrole nitrogens is 1. The molecule has 3 nitrogen and oxygen atoms in total. The Morgan fingerprint density at radius 1 is 1.08 bits per heavy atom. The van der Waals surface area contributed by atoms with E-state index < -0.39 is 23.5 Å². The van der Waals surface area contributed by atoms with E-state index in [-0.39, 0.29) is 12.1 Å². The Bertz CT molecular complexity index is 882. The maximum absolute atomic E-state index is 13.3. The second kappa shape index (κ2) is 5.99. The first kappa shape index (κ1) is 16.0. The summed E-state index contributed by atoms with van der Waals surface area (Å²) in [5.74, 6) is -0.814. The number of aromatic amines is 1. The summed E-state index contributed by atoms with van der Waals surface area (Å²) in [5, 5.41) is 3.12. The molecule has 1 heterocycles. The van der Waals surface area contributed by atoms with Crippen LogP contribution in [0.1, 0.15) is 11.1 Å². The Morgan fingerprint density at radius 2 is 1.79 bits per heavy atom. The molecule has 0 aliphatic heterocycles. The van der Waals surface area contributed by atoms with Crippen LogP contribution in [0.2, 0.25) is 0 Å². The number of hydrogen-bond acceptors (Lipinski definition) is 1. The van der Waals surface area contributed by atoms with Crippen LogP contribution in [0.5, 0.6) is 0 Å². The second-order valence-electron chi connectivity index (χ2n) is 5.30. The van der Waals surface area contributed by atoms with Crippen molar-refractivity contribution in [3.8, 4) is 0 Å². The van der Waals surface area contributed by atoms with Gasteiger partial charge in [0.15, 0.2) is 0 Å². The Hall–Kier alpha value is -2.83. The van der Waals surface area contributed by atoms with Crippen LogP contribution in [-0.4, -0.2) is 10.9 Å². The number of carbonyl (C=O) groups is 1. The van der Waals surface area contributed by atoms with Gasteiger partial charge < -0.3 is 10.3 Å². The number of rotatable bonds is 3. The highest BCUT2D eigenvalue weighted by molar-refractivity contribution is 5.95. The van der Waals surface area contributed by atoms with Gasteiger partial charge in [-0.3, -0.25) is 4.79 Å². The normalized spacial score (nSPS) is 11.7. The lowest BCUT2D eigenvalue weighted by Crippen LogP contribution is -2.14. The highest BCUT2D eigenvalue weighted by Gasteiger charge is 2.29. The minimum Gasteiger partial charge on any atom is -0.361 e. The summed E-state index contributed by atoms with van der Waals surface area (Å²) < 4.78 is 50.8. The molecule has 0 saturated carbocycles. The zero-order valence-electron chi connectivity index (χ0n) is 12.2. The number of hydrogen-bond donors (Lipinski definition) is 2. The van der Waals surface area contributed by atoms with Crippen LogP contribution in [-0.2, 0) is 17.4 Å². The average Bonchev–Trinajstić information content (AvgIpc) is 2.89. The van der Waals surface area contributed by atoms with Crippen LogP contribution in [0.4, 0.5) is 23.2 Å². The molecular weight excluding hydrogens is 324 g/mol. The molecule has 24 heavy (non-hydrogen) atoms. The summed E-state index contributed by atoms with van der Waals surface area (Å²) in [6.45, 7) is 0. The number of anilines is 1. The third-order valence-corrected chi connectivity index (χ3v) is 3.58. The molecule has 2 N–H and O–H groups in total. The lowest BCUT2D eigenvalue weighted by molar-refractivity contribution is -0.137. The van der Waals surface area contributed by atoms with Gasteiger partial charge in [0.25, 0.3) is 0 Å². The predicted octanol–water partition coefficient (Wildman–Crippen LogP) is 4.51. The van der Waals surface area contributed by atoms with Crippen LogP contribution in [0.3, 0.4) is 0 Å². The Labute approximate surface area is 134 Å². The summed E-state index contributed by atoms with van der Waals surface area (Å²) in [6, 6.07) is 8.39. The fourth-order valence-electron chi connectivity index (χ4n) is 2.42. The van der Waals surface area contributed by atoms with Crippen molar-refractivity contribution in [3.05, 3.63) is 65.6 Å². The number of nitrogens with one attached hydrogen (secondary N) is 2. The van der Waals surface area contributed by atoms with E-state index in [1.165, 1.54) is 24.3 Å². The van der Waals surface area contributed by atoms with Crippen molar-refractivity contribution in [2.75, 3.05) is 5.32 Å². The molecule has 2 aromatic carbocycles. The first-order chi connectivity index (χ1) is 11.3. The van der Waals surface area contributed by atoms with Crippen LogP contribution >= 0.6 is 0 Å². The van der Waals surface area contributed by atoms with Crippen LogP contribution in [0.25, 0.3) is 10.9 Å². The maximum Gasteiger partial charge on any atom is 0.416 e. The van der Waals surface area contributed by atoms with E-state index in [9.17, 15) is 22.4 Å². The molecule has 0 fully saturated rings. The van der Waals surface area contributed by atoms with E-state index in [0.717, 1.165) is 12.1 Å². The minimum absolute atomic E-state index is 0.0233. The quantitative estimate of drug-likeness (QED) is 0.679. The zero-order chi connectivity index (χ0) is 17.3. The van der Waals surface area contributed by atoms with E-state index in [1.54, 1.807) is 12.3 Å². The number of amides is 1. The van der Waals surface area contributed by atoms with E-state index in [2.05, 4.69) is 10.3 Å². The van der Waals surface area contributed by atoms with Gasteiger partial charge in [-0.15, -0.1) is 0 Å². The van der Waals surface area contributed by atoms with E-state index in [4.69, 9.17) is 0 Å². The lowest BCUT2D eigenvalue weighted by atomic mass is 10.1. The number of aromatic nitrogens is 1. The van der Waals surface area contributed by atoms with Gasteiger partial charge in [0.2, 0.25) is 5.91 Å². The molecule has 124 valence electrons. The van der Waals surface area contributed by atoms with Crippen molar-refractivity contribution in [2.45, 2.75) is 12.6 Å². The van der Waals surface area contributed by atoms with E-state index in [0.29, 0.717) is 16.5 Å². The first-order valence-corrected chi connectivity index (χ1v) is 7.05. The smallest absolute Gasteiger partial charge is 0.361 e. The molecule has 3 aromatic rings. The monoisotopic (exact) mass is 336 g/mol. The highest BCUT2D eigenvalue weighted by Crippen LogP contribution is 2.29. The van der Waals surface area contributed by atoms with Crippen molar-refractivity contribution in [3.63, 3.8) is 0 Å².